The molecule has 0 radical (unpaired) electrons. The number of nitrogens with zero attached hydrogens (tertiary/aromatic N) is 2. The molecule has 2 aromatic carbocycles. The summed E-state index contributed by atoms with van der Waals surface area (Å²) in [6.45, 7) is 0.421. The summed E-state index contributed by atoms with van der Waals surface area (Å²) in [5.41, 5.74) is 2.18. The summed E-state index contributed by atoms with van der Waals surface area (Å²) in [5, 5.41) is 0.676. The Balaban J connectivity index is 1.60. The first-order chi connectivity index (χ1) is 14.5. The third-order valence-corrected chi connectivity index (χ3v) is 5.08. The van der Waals surface area contributed by atoms with E-state index in [1.807, 2.05) is 12.1 Å². The number of ether oxygens (including phenoxy) is 2. The maximum absolute atomic E-state index is 13.1. The van der Waals surface area contributed by atoms with Crippen LogP contribution in [0, 0.1) is 0 Å². The van der Waals surface area contributed by atoms with E-state index in [0.717, 1.165) is 5.56 Å². The Kier molecular flexibility index (Phi) is 5.14. The molecule has 30 heavy (non-hydrogen) atoms. The number of methoxy groups -OCH3 is 2. The maximum Gasteiger partial charge on any atom is 0.337 e. The molecule has 1 saturated heterocycles. The number of imide groups is 1. The topological polar surface area (TPSA) is 89.3 Å². The van der Waals surface area contributed by atoms with Crippen LogP contribution in [0.3, 0.4) is 0 Å². The lowest BCUT2D eigenvalue weighted by molar-refractivity contribution is -0.129. The van der Waals surface area contributed by atoms with Crippen molar-refractivity contribution in [2.24, 2.45) is 0 Å². The maximum atomic E-state index is 13.1. The molecule has 0 unspecified atom stereocenters. The van der Waals surface area contributed by atoms with E-state index >= 15 is 0 Å². The molecule has 0 atom stereocenters. The monoisotopic (exact) mass is 408 g/mol. The molecule has 1 aromatic heterocycles. The first-order valence-electron chi connectivity index (χ1n) is 9.36. The van der Waals surface area contributed by atoms with Gasteiger partial charge in [0, 0.05) is 18.4 Å². The summed E-state index contributed by atoms with van der Waals surface area (Å²) in [4.78, 5) is 40.0. The summed E-state index contributed by atoms with van der Waals surface area (Å²) in [7, 11) is 2.88. The Labute approximate surface area is 172 Å². The molecule has 3 aromatic rings. The van der Waals surface area contributed by atoms with Gasteiger partial charge in [-0.3, -0.25) is 14.6 Å². The van der Waals surface area contributed by atoms with Crippen LogP contribution in [0.4, 0.5) is 10.5 Å². The largest absolute Gasteiger partial charge is 0.497 e. The normalized spacial score (nSPS) is 14.3. The third-order valence-electron chi connectivity index (χ3n) is 5.08. The van der Waals surface area contributed by atoms with Gasteiger partial charge < -0.3 is 13.9 Å². The first-order valence-corrected chi connectivity index (χ1v) is 9.36. The van der Waals surface area contributed by atoms with E-state index in [1.165, 1.54) is 23.2 Å². The standard InChI is InChI=1S/C22H20N2O6/c1-28-16-6-3-14(4-7-16)12-24-20(25)9-10-23(22(24)27)18-13-30-19-11-15(21(26)29-2)5-8-17(18)19/h3-8,11,13H,9-10,12H2,1-2H3. The Hall–Kier alpha value is -3.81. The number of furan rings is 1. The van der Waals surface area contributed by atoms with Crippen molar-refractivity contribution < 1.29 is 28.3 Å². The van der Waals surface area contributed by atoms with E-state index in [9.17, 15) is 14.4 Å². The SMILES string of the molecule is COC(=O)c1ccc2c(N3CCC(=O)N(Cc4ccc(OC)cc4)C3=O)coc2c1. The molecule has 0 spiro atoms. The molecule has 8 heteroatoms. The fourth-order valence-electron chi connectivity index (χ4n) is 3.45. The van der Waals surface area contributed by atoms with Crippen LogP contribution < -0.4 is 9.64 Å². The van der Waals surface area contributed by atoms with Crippen molar-refractivity contribution in [1.29, 1.82) is 0 Å². The Morgan fingerprint density at radius 2 is 1.87 bits per heavy atom. The highest BCUT2D eigenvalue weighted by atomic mass is 16.5. The van der Waals surface area contributed by atoms with Crippen molar-refractivity contribution in [2.75, 3.05) is 25.7 Å². The summed E-state index contributed by atoms with van der Waals surface area (Å²) in [6.07, 6.45) is 1.67. The van der Waals surface area contributed by atoms with Gasteiger partial charge in [0.2, 0.25) is 5.91 Å². The van der Waals surface area contributed by atoms with Crippen LogP contribution in [-0.4, -0.2) is 43.6 Å². The number of hydrogen-bond donors (Lipinski definition) is 0. The average molecular weight is 408 g/mol. The molecule has 3 amide bonds. The van der Waals surface area contributed by atoms with Gasteiger partial charge in [0.05, 0.1) is 32.0 Å². The van der Waals surface area contributed by atoms with Crippen molar-refractivity contribution in [3.63, 3.8) is 0 Å². The van der Waals surface area contributed by atoms with E-state index in [4.69, 9.17) is 13.9 Å². The number of hydrogen-bond acceptors (Lipinski definition) is 6. The molecular weight excluding hydrogens is 388 g/mol. The highest BCUT2D eigenvalue weighted by Gasteiger charge is 2.34. The van der Waals surface area contributed by atoms with Crippen molar-refractivity contribution >= 4 is 34.6 Å². The van der Waals surface area contributed by atoms with Gasteiger partial charge in [-0.1, -0.05) is 12.1 Å². The second-order valence-electron chi connectivity index (χ2n) is 6.84. The summed E-state index contributed by atoms with van der Waals surface area (Å²) in [6, 6.07) is 11.7. The van der Waals surface area contributed by atoms with Crippen molar-refractivity contribution in [2.45, 2.75) is 13.0 Å². The molecule has 1 aliphatic heterocycles. The minimum atomic E-state index is -0.472. The van der Waals surface area contributed by atoms with Gasteiger partial charge in [-0.25, -0.2) is 9.59 Å². The molecule has 8 nitrogen and oxygen atoms in total. The third kappa shape index (κ3) is 3.47. The summed E-state index contributed by atoms with van der Waals surface area (Å²) < 4.78 is 15.4. The number of rotatable bonds is 5. The zero-order valence-corrected chi connectivity index (χ0v) is 16.6. The number of amides is 3. The van der Waals surface area contributed by atoms with Crippen molar-refractivity contribution in [1.82, 2.24) is 4.90 Å². The summed E-state index contributed by atoms with van der Waals surface area (Å²) >= 11 is 0. The number of carbonyl (C=O) groups is 3. The zero-order valence-electron chi connectivity index (χ0n) is 16.6. The number of esters is 1. The number of carbonyl (C=O) groups excluding carboxylic acids is 3. The molecule has 1 fully saturated rings. The van der Waals surface area contributed by atoms with Gasteiger partial charge in [0.1, 0.15) is 17.6 Å². The fraction of sp³-hybridized carbons (Fsp3) is 0.227. The molecule has 0 aliphatic carbocycles. The van der Waals surface area contributed by atoms with Crippen molar-refractivity contribution in [3.05, 3.63) is 59.9 Å². The minimum Gasteiger partial charge on any atom is -0.497 e. The van der Waals surface area contributed by atoms with E-state index < -0.39 is 12.0 Å². The van der Waals surface area contributed by atoms with Crippen LogP contribution in [0.15, 0.2) is 53.1 Å². The minimum absolute atomic E-state index is 0.167. The molecular formula is C22H20N2O6. The molecule has 4 rings (SSSR count). The number of fused-ring (bicyclic) bond motifs is 1. The molecule has 154 valence electrons. The molecule has 1 aliphatic rings. The van der Waals surface area contributed by atoms with Crippen LogP contribution >= 0.6 is 0 Å². The molecule has 2 heterocycles. The average Bonchev–Trinajstić information content (AvgIpc) is 3.19. The lowest BCUT2D eigenvalue weighted by atomic mass is 10.1. The van der Waals surface area contributed by atoms with Gasteiger partial charge in [0.15, 0.2) is 0 Å². The second kappa shape index (κ2) is 7.90. The van der Waals surface area contributed by atoms with Crippen LogP contribution in [0.25, 0.3) is 11.0 Å². The van der Waals surface area contributed by atoms with Crippen LogP contribution in [0.2, 0.25) is 0 Å². The number of urea groups is 1. The molecule has 0 N–H and O–H groups in total. The predicted octanol–water partition coefficient (Wildman–Crippen LogP) is 3.59. The quantitative estimate of drug-likeness (QED) is 0.600. The molecule has 0 bridgehead atoms. The van der Waals surface area contributed by atoms with Crippen molar-refractivity contribution in [3.8, 4) is 5.75 Å². The van der Waals surface area contributed by atoms with E-state index in [2.05, 4.69) is 0 Å². The second-order valence-corrected chi connectivity index (χ2v) is 6.84. The fourth-order valence-corrected chi connectivity index (χ4v) is 3.45. The Morgan fingerprint density at radius 3 is 2.57 bits per heavy atom. The van der Waals surface area contributed by atoms with E-state index in [-0.39, 0.29) is 25.4 Å². The first kappa shape index (κ1) is 19.5. The Bertz CT molecular complexity index is 1120. The zero-order chi connectivity index (χ0) is 21.3. The highest BCUT2D eigenvalue weighted by Crippen LogP contribution is 2.32. The van der Waals surface area contributed by atoms with Gasteiger partial charge in [-0.2, -0.15) is 0 Å². The predicted molar refractivity (Wildman–Crippen MR) is 108 cm³/mol. The summed E-state index contributed by atoms with van der Waals surface area (Å²) in [5.74, 6) is 0.000808. The van der Waals surface area contributed by atoms with Crippen LogP contribution in [-0.2, 0) is 16.1 Å². The van der Waals surface area contributed by atoms with Crippen LogP contribution in [0.1, 0.15) is 22.3 Å². The smallest absolute Gasteiger partial charge is 0.337 e. The lowest BCUT2D eigenvalue weighted by Gasteiger charge is -2.33. The van der Waals surface area contributed by atoms with Crippen LogP contribution in [0.5, 0.6) is 5.75 Å². The van der Waals surface area contributed by atoms with Gasteiger partial charge in [0.25, 0.3) is 0 Å². The van der Waals surface area contributed by atoms with E-state index in [0.29, 0.717) is 28.0 Å². The van der Waals surface area contributed by atoms with Gasteiger partial charge in [-0.05, 0) is 35.9 Å². The van der Waals surface area contributed by atoms with Gasteiger partial charge in [-0.15, -0.1) is 0 Å². The number of anilines is 1. The highest BCUT2D eigenvalue weighted by molar-refractivity contribution is 6.09. The molecule has 0 saturated carbocycles. The lowest BCUT2D eigenvalue weighted by Crippen LogP contribution is -2.52. The number of benzene rings is 2. The Morgan fingerprint density at radius 1 is 1.10 bits per heavy atom. The van der Waals surface area contributed by atoms with Gasteiger partial charge >= 0.3 is 12.0 Å². The van der Waals surface area contributed by atoms with E-state index in [1.54, 1.807) is 37.4 Å².